The second-order valence-corrected chi connectivity index (χ2v) is 8.90. The summed E-state index contributed by atoms with van der Waals surface area (Å²) in [6.45, 7) is 0. The van der Waals surface area contributed by atoms with Crippen molar-refractivity contribution in [3.05, 3.63) is 92.9 Å². The molecule has 3 aliphatic rings. The van der Waals surface area contributed by atoms with Crippen molar-refractivity contribution in [3.8, 4) is 5.75 Å². The Kier molecular flexibility index (Phi) is 3.80. The standard InChI is InChI=1S/C23H15BrClN3O2/c24-14-6-8-18-17(10-14)23(22(29)26-18)28-20(16-11-15(25)7-9-21(16)30-23)12-19(27-28)13-4-2-1-3-5-13/h1-11,20H,12H2,(H,26,29)/t20-,23-/m0/s1. The van der Waals surface area contributed by atoms with Crippen molar-refractivity contribution in [2.24, 2.45) is 5.10 Å². The van der Waals surface area contributed by atoms with Crippen LogP contribution in [0.2, 0.25) is 5.02 Å². The minimum atomic E-state index is -1.37. The molecule has 30 heavy (non-hydrogen) atoms. The van der Waals surface area contributed by atoms with E-state index in [4.69, 9.17) is 21.4 Å². The van der Waals surface area contributed by atoms with Gasteiger partial charge in [-0.2, -0.15) is 5.10 Å². The summed E-state index contributed by atoms with van der Waals surface area (Å²) < 4.78 is 7.32. The summed E-state index contributed by atoms with van der Waals surface area (Å²) in [5, 5.41) is 10.3. The first-order valence-electron chi connectivity index (χ1n) is 9.58. The Morgan fingerprint density at radius 2 is 1.97 bits per heavy atom. The highest BCUT2D eigenvalue weighted by atomic mass is 79.9. The Labute approximate surface area is 186 Å². The van der Waals surface area contributed by atoms with E-state index in [9.17, 15) is 4.79 Å². The number of halogens is 2. The van der Waals surface area contributed by atoms with Crippen LogP contribution < -0.4 is 10.1 Å². The van der Waals surface area contributed by atoms with Crippen molar-refractivity contribution in [2.75, 3.05) is 5.32 Å². The molecule has 7 heteroatoms. The van der Waals surface area contributed by atoms with E-state index in [1.165, 1.54) is 0 Å². The normalized spacial score (nSPS) is 23.4. The molecular formula is C23H15BrClN3O2. The maximum absolute atomic E-state index is 13.4. The average molecular weight is 481 g/mol. The number of hydrogen-bond acceptors (Lipinski definition) is 4. The van der Waals surface area contributed by atoms with Gasteiger partial charge in [0.25, 0.3) is 5.91 Å². The summed E-state index contributed by atoms with van der Waals surface area (Å²) >= 11 is 9.84. The van der Waals surface area contributed by atoms with Crippen LogP contribution in [-0.2, 0) is 10.5 Å². The second-order valence-electron chi connectivity index (χ2n) is 7.55. The Morgan fingerprint density at radius 3 is 2.80 bits per heavy atom. The number of carbonyl (C=O) groups excluding carboxylic acids is 1. The Morgan fingerprint density at radius 1 is 1.13 bits per heavy atom. The molecule has 1 N–H and O–H groups in total. The number of amides is 1. The molecule has 0 aliphatic carbocycles. The molecule has 1 amide bonds. The van der Waals surface area contributed by atoms with Crippen LogP contribution in [0.5, 0.6) is 5.75 Å². The van der Waals surface area contributed by atoms with E-state index in [2.05, 4.69) is 21.2 Å². The molecule has 6 rings (SSSR count). The van der Waals surface area contributed by atoms with E-state index in [1.54, 1.807) is 6.07 Å². The quantitative estimate of drug-likeness (QED) is 0.504. The molecule has 0 bridgehead atoms. The highest BCUT2D eigenvalue weighted by Crippen LogP contribution is 2.54. The number of carbonyl (C=O) groups is 1. The van der Waals surface area contributed by atoms with Crippen molar-refractivity contribution in [2.45, 2.75) is 18.2 Å². The van der Waals surface area contributed by atoms with Crippen LogP contribution in [-0.4, -0.2) is 16.6 Å². The zero-order valence-electron chi connectivity index (χ0n) is 15.6. The number of benzene rings is 3. The Balaban J connectivity index is 1.60. The topological polar surface area (TPSA) is 53.9 Å². The lowest BCUT2D eigenvalue weighted by molar-refractivity contribution is -0.161. The van der Waals surface area contributed by atoms with Gasteiger partial charge in [-0.05, 0) is 42.0 Å². The lowest BCUT2D eigenvalue weighted by Crippen LogP contribution is -2.55. The Bertz CT molecular complexity index is 1250. The SMILES string of the molecule is O=C1Nc2ccc(Br)cc2[C@]12Oc1ccc(Cl)cc1[C@@H]1CC(c3ccccc3)=NN12. The molecule has 0 saturated heterocycles. The average Bonchev–Trinajstić information content (AvgIpc) is 3.31. The van der Waals surface area contributed by atoms with Gasteiger partial charge in [0.05, 0.1) is 23.0 Å². The van der Waals surface area contributed by atoms with Gasteiger partial charge in [0, 0.05) is 21.5 Å². The largest absolute Gasteiger partial charge is 0.453 e. The zero-order valence-corrected chi connectivity index (χ0v) is 17.9. The van der Waals surface area contributed by atoms with Crippen molar-refractivity contribution in [3.63, 3.8) is 0 Å². The van der Waals surface area contributed by atoms with Gasteiger partial charge in [0.1, 0.15) is 5.75 Å². The van der Waals surface area contributed by atoms with Gasteiger partial charge in [-0.3, -0.25) is 4.79 Å². The molecule has 0 aromatic heterocycles. The number of fused-ring (bicyclic) bond motifs is 6. The molecule has 3 heterocycles. The van der Waals surface area contributed by atoms with Gasteiger partial charge in [0.2, 0.25) is 0 Å². The maximum atomic E-state index is 13.4. The maximum Gasteiger partial charge on any atom is 0.306 e. The van der Waals surface area contributed by atoms with Gasteiger partial charge < -0.3 is 10.1 Å². The first kappa shape index (κ1) is 18.0. The van der Waals surface area contributed by atoms with E-state index < -0.39 is 5.72 Å². The molecule has 3 aromatic rings. The van der Waals surface area contributed by atoms with Gasteiger partial charge in [-0.1, -0.05) is 57.9 Å². The first-order chi connectivity index (χ1) is 14.6. The lowest BCUT2D eigenvalue weighted by Gasteiger charge is -2.44. The first-order valence-corrected chi connectivity index (χ1v) is 10.8. The van der Waals surface area contributed by atoms with Crippen molar-refractivity contribution in [1.29, 1.82) is 0 Å². The molecular weight excluding hydrogens is 466 g/mol. The van der Waals surface area contributed by atoms with Crippen LogP contribution in [0.15, 0.2) is 76.3 Å². The minimum absolute atomic E-state index is 0.168. The highest BCUT2D eigenvalue weighted by Gasteiger charge is 2.61. The van der Waals surface area contributed by atoms with Crippen LogP contribution in [0, 0.1) is 0 Å². The monoisotopic (exact) mass is 479 g/mol. The van der Waals surface area contributed by atoms with Crippen molar-refractivity contribution >= 4 is 44.8 Å². The number of nitrogens with one attached hydrogen (secondary N) is 1. The summed E-state index contributed by atoms with van der Waals surface area (Å²) in [6, 6.07) is 21.1. The van der Waals surface area contributed by atoms with Crippen LogP contribution in [0.1, 0.15) is 29.2 Å². The third-order valence-electron chi connectivity index (χ3n) is 5.83. The number of rotatable bonds is 1. The summed E-state index contributed by atoms with van der Waals surface area (Å²) in [7, 11) is 0. The zero-order chi connectivity index (χ0) is 20.5. The van der Waals surface area contributed by atoms with Crippen LogP contribution >= 0.6 is 27.5 Å². The summed E-state index contributed by atoms with van der Waals surface area (Å²) in [4.78, 5) is 13.4. The summed E-state index contributed by atoms with van der Waals surface area (Å²) in [5.74, 6) is 0.396. The van der Waals surface area contributed by atoms with Gasteiger partial charge >= 0.3 is 5.72 Å². The second kappa shape index (κ2) is 6.33. The predicted octanol–water partition coefficient (Wildman–Crippen LogP) is 5.45. The summed E-state index contributed by atoms with van der Waals surface area (Å²) in [6.07, 6.45) is 0.652. The van der Waals surface area contributed by atoms with E-state index >= 15 is 0 Å². The molecule has 2 atom stereocenters. The fourth-order valence-electron chi connectivity index (χ4n) is 4.49. The molecule has 5 nitrogen and oxygen atoms in total. The molecule has 148 valence electrons. The number of anilines is 1. The van der Waals surface area contributed by atoms with Crippen molar-refractivity contribution in [1.82, 2.24) is 5.01 Å². The molecule has 0 saturated carbocycles. The third-order valence-corrected chi connectivity index (χ3v) is 6.56. The van der Waals surface area contributed by atoms with Crippen LogP contribution in [0.4, 0.5) is 5.69 Å². The number of hydrazone groups is 1. The number of nitrogens with zero attached hydrogens (tertiary/aromatic N) is 2. The predicted molar refractivity (Wildman–Crippen MR) is 119 cm³/mol. The number of hydrogen-bond donors (Lipinski definition) is 1. The Hall–Kier alpha value is -2.83. The van der Waals surface area contributed by atoms with E-state index in [-0.39, 0.29) is 11.9 Å². The van der Waals surface area contributed by atoms with Gasteiger partial charge in [0.15, 0.2) is 0 Å². The fourth-order valence-corrected chi connectivity index (χ4v) is 5.03. The van der Waals surface area contributed by atoms with E-state index in [0.717, 1.165) is 32.6 Å². The number of ether oxygens (including phenoxy) is 1. The molecule has 0 fully saturated rings. The molecule has 0 radical (unpaired) electrons. The van der Waals surface area contributed by atoms with Gasteiger partial charge in [-0.15, -0.1) is 0 Å². The molecule has 3 aliphatic heterocycles. The van der Waals surface area contributed by atoms with E-state index in [0.29, 0.717) is 17.2 Å². The third kappa shape index (κ3) is 2.41. The fraction of sp³-hybridized carbons (Fsp3) is 0.130. The van der Waals surface area contributed by atoms with Crippen molar-refractivity contribution < 1.29 is 9.53 Å². The van der Waals surface area contributed by atoms with E-state index in [1.807, 2.05) is 65.7 Å². The van der Waals surface area contributed by atoms with Gasteiger partial charge in [-0.25, -0.2) is 5.01 Å². The highest BCUT2D eigenvalue weighted by molar-refractivity contribution is 9.10. The molecule has 1 spiro atoms. The lowest BCUT2D eigenvalue weighted by atomic mass is 9.92. The smallest absolute Gasteiger partial charge is 0.306 e. The minimum Gasteiger partial charge on any atom is -0.453 e. The van der Waals surface area contributed by atoms with Crippen LogP contribution in [0.25, 0.3) is 0 Å². The summed E-state index contributed by atoms with van der Waals surface area (Å²) in [5.41, 5.74) is 2.96. The molecule has 3 aromatic carbocycles. The molecule has 0 unspecified atom stereocenters. The van der Waals surface area contributed by atoms with Crippen LogP contribution in [0.3, 0.4) is 0 Å².